The van der Waals surface area contributed by atoms with Crippen LogP contribution in [0.2, 0.25) is 0 Å². The molecule has 1 heterocycles. The normalized spacial score (nSPS) is 19.6. The highest BCUT2D eigenvalue weighted by atomic mass is 19.3. The summed E-state index contributed by atoms with van der Waals surface area (Å²) in [6.45, 7) is 1.85. The van der Waals surface area contributed by atoms with E-state index in [4.69, 9.17) is 10.1 Å². The Morgan fingerprint density at radius 2 is 2.14 bits per heavy atom. The number of halogens is 2. The molecule has 2 rings (SSSR count). The second-order valence-corrected chi connectivity index (χ2v) is 5.06. The number of benzene rings is 1. The summed E-state index contributed by atoms with van der Waals surface area (Å²) in [6.07, 6.45) is -2.38. The third-order valence-corrected chi connectivity index (χ3v) is 3.50. The first-order chi connectivity index (χ1) is 10.0. The molecule has 1 amide bonds. The van der Waals surface area contributed by atoms with Gasteiger partial charge in [-0.1, -0.05) is 19.1 Å². The van der Waals surface area contributed by atoms with E-state index in [1.54, 1.807) is 24.3 Å². The molecule has 0 spiro atoms. The second kappa shape index (κ2) is 6.64. The number of amides is 1. The number of nitriles is 1. The van der Waals surface area contributed by atoms with Crippen molar-refractivity contribution in [2.75, 3.05) is 6.61 Å². The van der Waals surface area contributed by atoms with Crippen molar-refractivity contribution in [2.24, 2.45) is 5.92 Å². The SMILES string of the molecule is C[C@@H](CC(F)F)C(=O)N1OCC[C@H]1c1ccc(C#N)cc1. The molecule has 0 radical (unpaired) electrons. The van der Waals surface area contributed by atoms with E-state index in [0.29, 0.717) is 18.6 Å². The van der Waals surface area contributed by atoms with E-state index in [0.717, 1.165) is 5.56 Å². The molecule has 0 aromatic heterocycles. The molecule has 1 saturated heterocycles. The Morgan fingerprint density at radius 1 is 1.48 bits per heavy atom. The van der Waals surface area contributed by atoms with Crippen LogP contribution in [0.25, 0.3) is 0 Å². The Hall–Kier alpha value is -2.00. The minimum atomic E-state index is -2.51. The van der Waals surface area contributed by atoms with Crippen LogP contribution in [0.1, 0.15) is 36.9 Å². The number of hydrogen-bond acceptors (Lipinski definition) is 3. The van der Waals surface area contributed by atoms with Crippen molar-refractivity contribution in [3.63, 3.8) is 0 Å². The molecule has 0 saturated carbocycles. The number of hydrogen-bond donors (Lipinski definition) is 0. The highest BCUT2D eigenvalue weighted by molar-refractivity contribution is 5.78. The maximum absolute atomic E-state index is 12.4. The average Bonchev–Trinajstić information content (AvgIpc) is 2.95. The van der Waals surface area contributed by atoms with E-state index in [-0.39, 0.29) is 6.04 Å². The number of carbonyl (C=O) groups is 1. The number of carbonyl (C=O) groups excluding carboxylic acids is 1. The zero-order valence-corrected chi connectivity index (χ0v) is 11.6. The van der Waals surface area contributed by atoms with Gasteiger partial charge in [0.25, 0.3) is 0 Å². The van der Waals surface area contributed by atoms with Gasteiger partial charge in [0.2, 0.25) is 12.3 Å². The summed E-state index contributed by atoms with van der Waals surface area (Å²) in [5.74, 6) is -1.22. The van der Waals surface area contributed by atoms with Crippen molar-refractivity contribution in [1.29, 1.82) is 5.26 Å². The molecule has 1 aromatic carbocycles. The van der Waals surface area contributed by atoms with Crippen molar-refractivity contribution >= 4 is 5.91 Å². The van der Waals surface area contributed by atoms with Gasteiger partial charge in [-0.2, -0.15) is 5.26 Å². The number of hydroxylamine groups is 2. The summed E-state index contributed by atoms with van der Waals surface area (Å²) in [5.41, 5.74) is 1.37. The van der Waals surface area contributed by atoms with Gasteiger partial charge in [0, 0.05) is 18.8 Å². The van der Waals surface area contributed by atoms with Crippen molar-refractivity contribution in [2.45, 2.75) is 32.2 Å². The molecule has 0 unspecified atom stereocenters. The Bertz CT molecular complexity index is 540. The first-order valence-corrected chi connectivity index (χ1v) is 6.77. The van der Waals surface area contributed by atoms with Gasteiger partial charge in [-0.25, -0.2) is 13.8 Å². The Labute approximate surface area is 121 Å². The monoisotopic (exact) mass is 294 g/mol. The van der Waals surface area contributed by atoms with Gasteiger partial charge < -0.3 is 0 Å². The summed E-state index contributed by atoms with van der Waals surface area (Å²) in [4.78, 5) is 17.5. The minimum absolute atomic E-state index is 0.287. The van der Waals surface area contributed by atoms with Crippen LogP contribution in [0, 0.1) is 17.2 Å². The highest BCUT2D eigenvalue weighted by Gasteiger charge is 2.34. The summed E-state index contributed by atoms with van der Waals surface area (Å²) >= 11 is 0. The third kappa shape index (κ3) is 3.56. The van der Waals surface area contributed by atoms with Crippen LogP contribution in [-0.4, -0.2) is 24.0 Å². The molecule has 1 aromatic rings. The molecule has 1 aliphatic rings. The van der Waals surface area contributed by atoms with E-state index in [9.17, 15) is 13.6 Å². The van der Waals surface area contributed by atoms with Crippen LogP contribution < -0.4 is 0 Å². The van der Waals surface area contributed by atoms with E-state index in [1.165, 1.54) is 12.0 Å². The molecular weight excluding hydrogens is 278 g/mol. The van der Waals surface area contributed by atoms with Crippen molar-refractivity contribution in [3.05, 3.63) is 35.4 Å². The molecule has 21 heavy (non-hydrogen) atoms. The Morgan fingerprint density at radius 3 is 2.71 bits per heavy atom. The van der Waals surface area contributed by atoms with Crippen LogP contribution in [-0.2, 0) is 9.63 Å². The van der Waals surface area contributed by atoms with E-state index < -0.39 is 24.7 Å². The zero-order chi connectivity index (χ0) is 15.4. The predicted octanol–water partition coefficient (Wildman–Crippen LogP) is 3.05. The lowest BCUT2D eigenvalue weighted by Crippen LogP contribution is -2.34. The molecule has 0 aliphatic carbocycles. The lowest BCUT2D eigenvalue weighted by atomic mass is 10.0. The van der Waals surface area contributed by atoms with Crippen molar-refractivity contribution in [1.82, 2.24) is 5.06 Å². The topological polar surface area (TPSA) is 53.3 Å². The van der Waals surface area contributed by atoms with Crippen molar-refractivity contribution < 1.29 is 18.4 Å². The van der Waals surface area contributed by atoms with Crippen LogP contribution in [0.15, 0.2) is 24.3 Å². The predicted molar refractivity (Wildman–Crippen MR) is 71.1 cm³/mol. The molecular formula is C15H16F2N2O2. The van der Waals surface area contributed by atoms with Gasteiger partial charge in [-0.05, 0) is 17.7 Å². The smallest absolute Gasteiger partial charge is 0.249 e. The van der Waals surface area contributed by atoms with Gasteiger partial charge >= 0.3 is 0 Å². The second-order valence-electron chi connectivity index (χ2n) is 5.06. The minimum Gasteiger partial charge on any atom is -0.272 e. The molecule has 6 heteroatoms. The highest BCUT2D eigenvalue weighted by Crippen LogP contribution is 2.32. The van der Waals surface area contributed by atoms with Crippen LogP contribution >= 0.6 is 0 Å². The summed E-state index contributed by atoms with van der Waals surface area (Å²) < 4.78 is 24.8. The van der Waals surface area contributed by atoms with Gasteiger partial charge in [0.15, 0.2) is 0 Å². The Kier molecular flexibility index (Phi) is 4.86. The van der Waals surface area contributed by atoms with Crippen LogP contribution in [0.4, 0.5) is 8.78 Å². The fourth-order valence-electron chi connectivity index (χ4n) is 2.35. The van der Waals surface area contributed by atoms with Crippen LogP contribution in [0.3, 0.4) is 0 Å². The van der Waals surface area contributed by atoms with E-state index in [1.807, 2.05) is 6.07 Å². The molecule has 0 N–H and O–H groups in total. The maximum Gasteiger partial charge on any atom is 0.249 e. The molecule has 2 atom stereocenters. The average molecular weight is 294 g/mol. The molecule has 1 aliphatic heterocycles. The number of nitrogens with zero attached hydrogens (tertiary/aromatic N) is 2. The fourth-order valence-corrected chi connectivity index (χ4v) is 2.35. The maximum atomic E-state index is 12.4. The van der Waals surface area contributed by atoms with Gasteiger partial charge in [0.1, 0.15) is 0 Å². The van der Waals surface area contributed by atoms with E-state index >= 15 is 0 Å². The van der Waals surface area contributed by atoms with Crippen LogP contribution in [0.5, 0.6) is 0 Å². The molecule has 1 fully saturated rings. The summed E-state index contributed by atoms with van der Waals surface area (Å²) in [5, 5.41) is 9.98. The van der Waals surface area contributed by atoms with Gasteiger partial charge in [0.05, 0.1) is 24.3 Å². The third-order valence-electron chi connectivity index (χ3n) is 3.50. The summed E-state index contributed by atoms with van der Waals surface area (Å²) in [6, 6.07) is 8.59. The Balaban J connectivity index is 2.12. The van der Waals surface area contributed by atoms with Crippen molar-refractivity contribution in [3.8, 4) is 6.07 Å². The number of alkyl halides is 2. The molecule has 0 bridgehead atoms. The zero-order valence-electron chi connectivity index (χ0n) is 11.6. The van der Waals surface area contributed by atoms with Gasteiger partial charge in [-0.15, -0.1) is 0 Å². The lowest BCUT2D eigenvalue weighted by Gasteiger charge is -2.25. The van der Waals surface area contributed by atoms with E-state index in [2.05, 4.69) is 0 Å². The fraction of sp³-hybridized carbons (Fsp3) is 0.467. The molecule has 112 valence electrons. The first kappa shape index (κ1) is 15.4. The number of rotatable bonds is 4. The molecule has 4 nitrogen and oxygen atoms in total. The van der Waals surface area contributed by atoms with Gasteiger partial charge in [-0.3, -0.25) is 9.63 Å². The summed E-state index contributed by atoms with van der Waals surface area (Å²) in [7, 11) is 0. The standard InChI is InChI=1S/C15H16F2N2O2/c1-10(8-14(16)17)15(20)19-13(6-7-21-19)12-4-2-11(9-18)3-5-12/h2-5,10,13-14H,6-8H2,1H3/t10-,13-/m0/s1. The quantitative estimate of drug-likeness (QED) is 0.857. The lowest BCUT2D eigenvalue weighted by molar-refractivity contribution is -0.182. The first-order valence-electron chi connectivity index (χ1n) is 6.77. The largest absolute Gasteiger partial charge is 0.272 e.